The second kappa shape index (κ2) is 6.81. The summed E-state index contributed by atoms with van der Waals surface area (Å²) in [6.07, 6.45) is 5.24. The molecule has 0 bridgehead atoms. The quantitative estimate of drug-likeness (QED) is 0.799. The second-order valence-corrected chi connectivity index (χ2v) is 7.20. The number of carbonyl (C=O) groups excluding carboxylic acids is 1. The number of rotatable bonds is 4. The van der Waals surface area contributed by atoms with E-state index in [4.69, 9.17) is 0 Å². The van der Waals surface area contributed by atoms with Crippen molar-refractivity contribution in [3.63, 3.8) is 0 Å². The van der Waals surface area contributed by atoms with Gasteiger partial charge in [0, 0.05) is 16.7 Å². The second-order valence-electron chi connectivity index (χ2n) is 5.86. The van der Waals surface area contributed by atoms with E-state index in [0.717, 1.165) is 10.6 Å². The van der Waals surface area contributed by atoms with Crippen LogP contribution in [0.15, 0.2) is 29.2 Å². The molecule has 2 unspecified atom stereocenters. The highest BCUT2D eigenvalue weighted by atomic mass is 32.2. The Labute approximate surface area is 129 Å². The lowest BCUT2D eigenvalue weighted by Gasteiger charge is -2.16. The molecule has 1 saturated heterocycles. The summed E-state index contributed by atoms with van der Waals surface area (Å²) in [6, 6.07) is 7.72. The van der Waals surface area contributed by atoms with Gasteiger partial charge in [-0.25, -0.2) is 0 Å². The molecule has 1 saturated carbocycles. The summed E-state index contributed by atoms with van der Waals surface area (Å²) in [5.41, 5.74) is 0.891. The number of benzene rings is 1. The fourth-order valence-electron chi connectivity index (χ4n) is 3.00. The molecule has 2 atom stereocenters. The van der Waals surface area contributed by atoms with E-state index in [-0.39, 0.29) is 11.9 Å². The van der Waals surface area contributed by atoms with E-state index in [9.17, 15) is 9.90 Å². The number of β-amino-alcohol motifs (C(OH)–C–C–N with tert-alkyl or cyclic N) is 1. The van der Waals surface area contributed by atoms with Crippen LogP contribution in [0.5, 0.6) is 0 Å². The third kappa shape index (κ3) is 3.78. The number of anilines is 1. The topological polar surface area (TPSA) is 61.4 Å². The summed E-state index contributed by atoms with van der Waals surface area (Å²) in [7, 11) is 0. The zero-order chi connectivity index (χ0) is 14.7. The maximum atomic E-state index is 12.3. The molecule has 0 spiro atoms. The lowest BCUT2D eigenvalue weighted by atomic mass is 10.2. The van der Waals surface area contributed by atoms with Gasteiger partial charge in [-0.1, -0.05) is 25.0 Å². The van der Waals surface area contributed by atoms with Crippen molar-refractivity contribution in [2.45, 2.75) is 54.4 Å². The fourth-order valence-corrected chi connectivity index (χ4v) is 4.33. The molecule has 5 heteroatoms. The number of amides is 1. The number of aliphatic hydroxyl groups excluding tert-OH is 1. The van der Waals surface area contributed by atoms with Crippen LogP contribution in [-0.4, -0.2) is 35.0 Å². The monoisotopic (exact) mass is 306 g/mol. The Morgan fingerprint density at radius 2 is 2.05 bits per heavy atom. The molecule has 1 aliphatic carbocycles. The van der Waals surface area contributed by atoms with E-state index in [1.165, 1.54) is 25.7 Å². The van der Waals surface area contributed by atoms with Crippen LogP contribution in [-0.2, 0) is 4.79 Å². The zero-order valence-corrected chi connectivity index (χ0v) is 12.9. The van der Waals surface area contributed by atoms with E-state index >= 15 is 0 Å². The Morgan fingerprint density at radius 1 is 1.29 bits per heavy atom. The van der Waals surface area contributed by atoms with Gasteiger partial charge < -0.3 is 15.7 Å². The highest BCUT2D eigenvalue weighted by molar-refractivity contribution is 8.00. The van der Waals surface area contributed by atoms with E-state index in [0.29, 0.717) is 18.2 Å². The number of carbonyl (C=O) groups is 1. The molecule has 0 radical (unpaired) electrons. The van der Waals surface area contributed by atoms with Crippen molar-refractivity contribution in [3.8, 4) is 0 Å². The number of thioether (sulfide) groups is 1. The highest BCUT2D eigenvalue weighted by Gasteiger charge is 2.28. The van der Waals surface area contributed by atoms with Gasteiger partial charge in [-0.15, -0.1) is 11.8 Å². The molecule has 3 rings (SSSR count). The summed E-state index contributed by atoms with van der Waals surface area (Å²) in [6.45, 7) is 0.497. The predicted molar refractivity (Wildman–Crippen MR) is 85.6 cm³/mol. The Bertz CT molecular complexity index is 503. The van der Waals surface area contributed by atoms with Gasteiger partial charge in [-0.2, -0.15) is 0 Å². The molecular formula is C16H22N2O2S. The van der Waals surface area contributed by atoms with Gasteiger partial charge in [0.1, 0.15) is 0 Å². The average Bonchev–Trinajstić information content (AvgIpc) is 3.12. The lowest BCUT2D eigenvalue weighted by Crippen LogP contribution is -2.35. The largest absolute Gasteiger partial charge is 0.392 e. The van der Waals surface area contributed by atoms with E-state index < -0.39 is 6.10 Å². The zero-order valence-electron chi connectivity index (χ0n) is 12.0. The van der Waals surface area contributed by atoms with E-state index in [1.54, 1.807) is 0 Å². The maximum absolute atomic E-state index is 12.3. The first kappa shape index (κ1) is 14.9. The van der Waals surface area contributed by atoms with Gasteiger partial charge in [-0.05, 0) is 31.4 Å². The molecular weight excluding hydrogens is 284 g/mol. The van der Waals surface area contributed by atoms with Crippen molar-refractivity contribution in [2.24, 2.45) is 0 Å². The number of nitrogens with one attached hydrogen (secondary N) is 2. The molecule has 2 fully saturated rings. The summed E-state index contributed by atoms with van der Waals surface area (Å²) in [5, 5.41) is 16.3. The maximum Gasteiger partial charge on any atom is 0.241 e. The lowest BCUT2D eigenvalue weighted by molar-refractivity contribution is -0.117. The molecule has 1 aromatic carbocycles. The first-order valence-electron chi connectivity index (χ1n) is 7.70. The minimum atomic E-state index is -0.413. The molecule has 1 amide bonds. The Balaban J connectivity index is 1.65. The molecule has 3 N–H and O–H groups in total. The van der Waals surface area contributed by atoms with Gasteiger partial charge in [0.25, 0.3) is 0 Å². The Hall–Kier alpha value is -1.04. The van der Waals surface area contributed by atoms with E-state index in [1.807, 2.05) is 30.0 Å². The summed E-state index contributed by atoms with van der Waals surface area (Å²) in [4.78, 5) is 13.4. The minimum Gasteiger partial charge on any atom is -0.392 e. The highest BCUT2D eigenvalue weighted by Crippen LogP contribution is 2.38. The molecule has 4 nitrogen and oxygen atoms in total. The van der Waals surface area contributed by atoms with Gasteiger partial charge in [0.05, 0.1) is 17.8 Å². The van der Waals surface area contributed by atoms with Crippen LogP contribution < -0.4 is 10.6 Å². The van der Waals surface area contributed by atoms with Crippen LogP contribution in [0.1, 0.15) is 32.1 Å². The number of hydrogen-bond acceptors (Lipinski definition) is 4. The predicted octanol–water partition coefficient (Wildman–Crippen LogP) is 2.38. The number of hydrogen-bond donors (Lipinski definition) is 3. The van der Waals surface area contributed by atoms with Crippen molar-refractivity contribution < 1.29 is 9.90 Å². The first-order valence-corrected chi connectivity index (χ1v) is 8.58. The standard InChI is InChI=1S/C16H22N2O2S/c19-11-9-14(17-10-11)16(20)18-13-7-3-4-8-15(13)21-12-5-1-2-6-12/h3-4,7-8,11-12,14,17,19H,1-2,5-6,9-10H2,(H,18,20). The van der Waals surface area contributed by atoms with E-state index in [2.05, 4.69) is 16.7 Å². The van der Waals surface area contributed by atoms with Crippen LogP contribution >= 0.6 is 11.8 Å². The van der Waals surface area contributed by atoms with Gasteiger partial charge >= 0.3 is 0 Å². The van der Waals surface area contributed by atoms with Crippen LogP contribution in [0.25, 0.3) is 0 Å². The summed E-state index contributed by atoms with van der Waals surface area (Å²) >= 11 is 1.88. The van der Waals surface area contributed by atoms with Crippen LogP contribution in [0.2, 0.25) is 0 Å². The SMILES string of the molecule is O=C(Nc1ccccc1SC1CCCC1)C1CC(O)CN1. The molecule has 21 heavy (non-hydrogen) atoms. The molecule has 1 heterocycles. The van der Waals surface area contributed by atoms with Crippen molar-refractivity contribution in [2.75, 3.05) is 11.9 Å². The van der Waals surface area contributed by atoms with Crippen LogP contribution in [0.4, 0.5) is 5.69 Å². The molecule has 1 aliphatic heterocycles. The van der Waals surface area contributed by atoms with Crippen LogP contribution in [0, 0.1) is 0 Å². The third-order valence-corrected chi connectivity index (χ3v) is 5.58. The Kier molecular flexibility index (Phi) is 4.83. The van der Waals surface area contributed by atoms with Gasteiger partial charge in [0.2, 0.25) is 5.91 Å². The summed E-state index contributed by atoms with van der Waals surface area (Å²) in [5.74, 6) is -0.0500. The van der Waals surface area contributed by atoms with Crippen molar-refractivity contribution in [1.29, 1.82) is 0 Å². The Morgan fingerprint density at radius 3 is 2.76 bits per heavy atom. The number of para-hydroxylation sites is 1. The minimum absolute atomic E-state index is 0.0500. The third-order valence-electron chi connectivity index (χ3n) is 4.16. The molecule has 1 aromatic rings. The van der Waals surface area contributed by atoms with Crippen LogP contribution in [0.3, 0.4) is 0 Å². The van der Waals surface area contributed by atoms with Crippen molar-refractivity contribution in [1.82, 2.24) is 5.32 Å². The van der Waals surface area contributed by atoms with Gasteiger partial charge in [-0.3, -0.25) is 4.79 Å². The normalized spacial score (nSPS) is 26.1. The van der Waals surface area contributed by atoms with Crippen molar-refractivity contribution >= 4 is 23.4 Å². The number of aliphatic hydroxyl groups is 1. The smallest absolute Gasteiger partial charge is 0.241 e. The van der Waals surface area contributed by atoms with Gasteiger partial charge in [0.15, 0.2) is 0 Å². The molecule has 114 valence electrons. The first-order chi connectivity index (χ1) is 10.2. The van der Waals surface area contributed by atoms with Crippen molar-refractivity contribution in [3.05, 3.63) is 24.3 Å². The fraction of sp³-hybridized carbons (Fsp3) is 0.562. The molecule has 0 aromatic heterocycles. The summed E-state index contributed by atoms with van der Waals surface area (Å²) < 4.78 is 0. The molecule has 2 aliphatic rings. The average molecular weight is 306 g/mol.